The molecule has 5 nitrogen and oxygen atoms in total. The van der Waals surface area contributed by atoms with E-state index >= 15 is 0 Å². The summed E-state index contributed by atoms with van der Waals surface area (Å²) < 4.78 is 5.60. The number of nitrogens with zero attached hydrogens (tertiary/aromatic N) is 1. The maximum absolute atomic E-state index is 12.8. The molecule has 5 heteroatoms. The van der Waals surface area contributed by atoms with Crippen molar-refractivity contribution in [2.24, 2.45) is 5.92 Å². The van der Waals surface area contributed by atoms with E-state index in [2.05, 4.69) is 0 Å². The van der Waals surface area contributed by atoms with Crippen molar-refractivity contribution in [1.82, 2.24) is 4.90 Å². The summed E-state index contributed by atoms with van der Waals surface area (Å²) in [5, 5.41) is 8.80. The number of benzene rings is 1. The van der Waals surface area contributed by atoms with Gasteiger partial charge in [-0.2, -0.15) is 0 Å². The van der Waals surface area contributed by atoms with Crippen molar-refractivity contribution >= 4 is 11.9 Å². The van der Waals surface area contributed by atoms with Crippen molar-refractivity contribution in [2.75, 3.05) is 19.7 Å². The van der Waals surface area contributed by atoms with Gasteiger partial charge in [-0.1, -0.05) is 18.2 Å². The van der Waals surface area contributed by atoms with E-state index in [1.54, 1.807) is 0 Å². The Morgan fingerprint density at radius 2 is 2.14 bits per heavy atom. The highest BCUT2D eigenvalue weighted by atomic mass is 16.5. The van der Waals surface area contributed by atoms with Gasteiger partial charge in [0.2, 0.25) is 5.91 Å². The quantitative estimate of drug-likeness (QED) is 0.926. The lowest BCUT2D eigenvalue weighted by Crippen LogP contribution is -2.42. The van der Waals surface area contributed by atoms with Gasteiger partial charge >= 0.3 is 5.97 Å². The van der Waals surface area contributed by atoms with E-state index in [0.717, 1.165) is 30.7 Å². The Morgan fingerprint density at radius 3 is 2.95 bits per heavy atom. The van der Waals surface area contributed by atoms with Crippen LogP contribution in [0, 0.1) is 5.92 Å². The summed E-state index contributed by atoms with van der Waals surface area (Å²) in [6.07, 6.45) is 2.79. The normalized spacial score (nSPS) is 23.7. The molecule has 1 aromatic carbocycles. The van der Waals surface area contributed by atoms with Gasteiger partial charge in [0.15, 0.2) is 0 Å². The minimum absolute atomic E-state index is 0.116. The molecule has 2 atom stereocenters. The molecule has 2 heterocycles. The lowest BCUT2D eigenvalue weighted by atomic mass is 9.91. The molecule has 22 heavy (non-hydrogen) atoms. The van der Waals surface area contributed by atoms with Crippen LogP contribution in [0.1, 0.15) is 37.2 Å². The SMILES string of the molecule is O=C(O)CCC1CCCN(C(=O)C2COc3ccccc32)C1. The molecule has 0 aromatic heterocycles. The molecule has 2 aliphatic rings. The van der Waals surface area contributed by atoms with Crippen LogP contribution in [0.15, 0.2) is 24.3 Å². The number of carboxylic acids is 1. The first-order valence-electron chi connectivity index (χ1n) is 7.87. The summed E-state index contributed by atoms with van der Waals surface area (Å²) >= 11 is 0. The van der Waals surface area contributed by atoms with Crippen LogP contribution in [0.4, 0.5) is 0 Å². The van der Waals surface area contributed by atoms with Gasteiger partial charge in [-0.25, -0.2) is 0 Å². The van der Waals surface area contributed by atoms with E-state index in [9.17, 15) is 9.59 Å². The fourth-order valence-corrected chi connectivity index (χ4v) is 3.42. The fraction of sp³-hybridized carbons (Fsp3) is 0.529. The molecule has 2 unspecified atom stereocenters. The van der Waals surface area contributed by atoms with Crippen LogP contribution in [0.5, 0.6) is 5.75 Å². The molecule has 1 N–H and O–H groups in total. The van der Waals surface area contributed by atoms with Crippen LogP contribution in [0.2, 0.25) is 0 Å². The van der Waals surface area contributed by atoms with Crippen molar-refractivity contribution in [1.29, 1.82) is 0 Å². The number of hydrogen-bond donors (Lipinski definition) is 1. The van der Waals surface area contributed by atoms with Crippen molar-refractivity contribution in [3.8, 4) is 5.75 Å². The lowest BCUT2D eigenvalue weighted by molar-refractivity contribution is -0.137. The molecule has 1 fully saturated rings. The number of aliphatic carboxylic acids is 1. The third-order valence-electron chi connectivity index (χ3n) is 4.60. The zero-order chi connectivity index (χ0) is 15.5. The zero-order valence-corrected chi connectivity index (χ0v) is 12.5. The molecule has 2 aliphatic heterocycles. The van der Waals surface area contributed by atoms with Gasteiger partial charge in [0.1, 0.15) is 18.3 Å². The van der Waals surface area contributed by atoms with Crippen molar-refractivity contribution in [3.05, 3.63) is 29.8 Å². The van der Waals surface area contributed by atoms with Gasteiger partial charge in [0.05, 0.1) is 0 Å². The van der Waals surface area contributed by atoms with Gasteiger partial charge in [-0.3, -0.25) is 9.59 Å². The Bertz CT molecular complexity index is 572. The molecule has 0 radical (unpaired) electrons. The number of carbonyl (C=O) groups is 2. The minimum Gasteiger partial charge on any atom is -0.492 e. The third-order valence-corrected chi connectivity index (χ3v) is 4.60. The monoisotopic (exact) mass is 303 g/mol. The van der Waals surface area contributed by atoms with Crippen LogP contribution in [-0.4, -0.2) is 41.6 Å². The minimum atomic E-state index is -0.762. The molecule has 3 rings (SSSR count). The standard InChI is InChI=1S/C17H21NO4/c19-16(20)8-7-12-4-3-9-18(10-12)17(21)14-11-22-15-6-2-1-5-13(14)15/h1-2,5-6,12,14H,3-4,7-11H2,(H,19,20). The van der Waals surface area contributed by atoms with Gasteiger partial charge in [0, 0.05) is 25.1 Å². The largest absolute Gasteiger partial charge is 0.492 e. The predicted octanol–water partition coefficient (Wildman–Crippen LogP) is 2.27. The predicted molar refractivity (Wildman–Crippen MR) is 80.9 cm³/mol. The lowest BCUT2D eigenvalue weighted by Gasteiger charge is -2.34. The van der Waals surface area contributed by atoms with Crippen LogP contribution in [-0.2, 0) is 9.59 Å². The smallest absolute Gasteiger partial charge is 0.303 e. The topological polar surface area (TPSA) is 66.8 Å². The number of ether oxygens (including phenoxy) is 1. The maximum atomic E-state index is 12.8. The van der Waals surface area contributed by atoms with E-state index < -0.39 is 5.97 Å². The first kappa shape index (κ1) is 14.9. The number of amides is 1. The highest BCUT2D eigenvalue weighted by Crippen LogP contribution is 2.35. The Balaban J connectivity index is 1.64. The maximum Gasteiger partial charge on any atom is 0.303 e. The first-order valence-corrected chi connectivity index (χ1v) is 7.87. The number of piperidine rings is 1. The van der Waals surface area contributed by atoms with E-state index in [0.29, 0.717) is 25.5 Å². The highest BCUT2D eigenvalue weighted by molar-refractivity contribution is 5.85. The molecule has 118 valence electrons. The number of rotatable bonds is 4. The van der Waals surface area contributed by atoms with Crippen molar-refractivity contribution in [2.45, 2.75) is 31.6 Å². The van der Waals surface area contributed by atoms with Crippen molar-refractivity contribution in [3.63, 3.8) is 0 Å². The van der Waals surface area contributed by atoms with Gasteiger partial charge < -0.3 is 14.7 Å². The first-order chi connectivity index (χ1) is 10.6. The molecule has 0 spiro atoms. The van der Waals surface area contributed by atoms with Gasteiger partial charge in [-0.15, -0.1) is 0 Å². The van der Waals surface area contributed by atoms with E-state index in [-0.39, 0.29) is 18.2 Å². The summed E-state index contributed by atoms with van der Waals surface area (Å²) in [7, 11) is 0. The number of hydrogen-bond acceptors (Lipinski definition) is 3. The second kappa shape index (κ2) is 6.38. The summed E-state index contributed by atoms with van der Waals surface area (Å²) in [5.41, 5.74) is 0.972. The molecule has 1 saturated heterocycles. The Morgan fingerprint density at radius 1 is 1.32 bits per heavy atom. The summed E-state index contributed by atoms with van der Waals surface area (Å²) in [5.74, 6) is 0.243. The zero-order valence-electron chi connectivity index (χ0n) is 12.5. The molecule has 1 aromatic rings. The van der Waals surface area contributed by atoms with Crippen LogP contribution in [0.25, 0.3) is 0 Å². The second-order valence-electron chi connectivity index (χ2n) is 6.13. The number of carbonyl (C=O) groups excluding carboxylic acids is 1. The van der Waals surface area contributed by atoms with Crippen LogP contribution >= 0.6 is 0 Å². The molecule has 1 amide bonds. The number of carboxylic acid groups (broad SMARTS) is 1. The van der Waals surface area contributed by atoms with Gasteiger partial charge in [0.25, 0.3) is 0 Å². The van der Waals surface area contributed by atoms with Crippen LogP contribution < -0.4 is 4.74 Å². The Labute approximate surface area is 129 Å². The molecule has 0 aliphatic carbocycles. The Kier molecular flexibility index (Phi) is 4.32. The Hall–Kier alpha value is -2.04. The molecule has 0 bridgehead atoms. The second-order valence-corrected chi connectivity index (χ2v) is 6.13. The number of para-hydroxylation sites is 1. The highest BCUT2D eigenvalue weighted by Gasteiger charge is 2.35. The van der Waals surface area contributed by atoms with Gasteiger partial charge in [-0.05, 0) is 31.2 Å². The van der Waals surface area contributed by atoms with Crippen molar-refractivity contribution < 1.29 is 19.4 Å². The van der Waals surface area contributed by atoms with E-state index in [4.69, 9.17) is 9.84 Å². The van der Waals surface area contributed by atoms with Crippen LogP contribution in [0.3, 0.4) is 0 Å². The molecule has 0 saturated carbocycles. The van der Waals surface area contributed by atoms with E-state index in [1.165, 1.54) is 0 Å². The summed E-state index contributed by atoms with van der Waals surface area (Å²) in [4.78, 5) is 25.4. The third kappa shape index (κ3) is 3.08. The average Bonchev–Trinajstić information content (AvgIpc) is 2.96. The molecular weight excluding hydrogens is 282 g/mol. The summed E-state index contributed by atoms with van der Waals surface area (Å²) in [6.45, 7) is 1.85. The fourth-order valence-electron chi connectivity index (χ4n) is 3.42. The van der Waals surface area contributed by atoms with E-state index in [1.807, 2.05) is 29.2 Å². The summed E-state index contributed by atoms with van der Waals surface area (Å²) in [6, 6.07) is 7.69. The number of fused-ring (bicyclic) bond motifs is 1. The number of likely N-dealkylation sites (tertiary alicyclic amines) is 1. The molecular formula is C17H21NO4. The average molecular weight is 303 g/mol.